The highest BCUT2D eigenvalue weighted by Gasteiger charge is 2.21. The van der Waals surface area contributed by atoms with Crippen molar-refractivity contribution < 1.29 is 4.42 Å². The highest BCUT2D eigenvalue weighted by atomic mass is 16.3. The molecule has 0 spiro atoms. The molecule has 0 saturated carbocycles. The molecule has 0 amide bonds. The Morgan fingerprint density at radius 1 is 0.245 bits per heavy atom. The van der Waals surface area contributed by atoms with Gasteiger partial charge in [0.1, 0.15) is 11.2 Å². The van der Waals surface area contributed by atoms with Gasteiger partial charge in [0.25, 0.3) is 0 Å². The fourth-order valence-electron chi connectivity index (χ4n) is 8.65. The third kappa shape index (κ3) is 4.64. The molecule has 246 valence electrons. The summed E-state index contributed by atoms with van der Waals surface area (Å²) in [4.78, 5) is 0. The van der Waals surface area contributed by atoms with E-state index in [2.05, 4.69) is 194 Å². The van der Waals surface area contributed by atoms with Gasteiger partial charge in [0.05, 0.1) is 0 Å². The molecule has 1 nitrogen and oxygen atoms in total. The number of hydrogen-bond acceptors (Lipinski definition) is 1. The number of fused-ring (bicyclic) bond motifs is 8. The topological polar surface area (TPSA) is 13.1 Å². The second kappa shape index (κ2) is 11.8. The first-order valence-corrected chi connectivity index (χ1v) is 18.3. The maximum atomic E-state index is 6.87. The van der Waals surface area contributed by atoms with Crippen LogP contribution in [0.15, 0.2) is 199 Å². The summed E-state index contributed by atoms with van der Waals surface area (Å²) in [5, 5.41) is 12.0. The highest BCUT2D eigenvalue weighted by molar-refractivity contribution is 6.24. The van der Waals surface area contributed by atoms with E-state index in [-0.39, 0.29) is 0 Å². The van der Waals surface area contributed by atoms with E-state index in [0.29, 0.717) is 0 Å². The van der Waals surface area contributed by atoms with Crippen molar-refractivity contribution in [3.05, 3.63) is 194 Å². The van der Waals surface area contributed by atoms with Gasteiger partial charge in [-0.2, -0.15) is 0 Å². The minimum Gasteiger partial charge on any atom is -0.455 e. The molecule has 53 heavy (non-hydrogen) atoms. The second-order valence-electron chi connectivity index (χ2n) is 14.0. The average molecular weight is 673 g/mol. The van der Waals surface area contributed by atoms with Gasteiger partial charge < -0.3 is 4.42 Å². The van der Waals surface area contributed by atoms with Gasteiger partial charge in [0.15, 0.2) is 0 Å². The van der Waals surface area contributed by atoms with Crippen LogP contribution < -0.4 is 0 Å². The van der Waals surface area contributed by atoms with Crippen molar-refractivity contribution in [2.75, 3.05) is 0 Å². The minimum atomic E-state index is 0.918. The smallest absolute Gasteiger partial charge is 0.143 e. The van der Waals surface area contributed by atoms with E-state index in [1.54, 1.807) is 0 Å². The van der Waals surface area contributed by atoms with Crippen LogP contribution in [0.5, 0.6) is 0 Å². The molecule has 0 bridgehead atoms. The van der Waals surface area contributed by atoms with E-state index in [1.807, 2.05) is 0 Å². The van der Waals surface area contributed by atoms with E-state index >= 15 is 0 Å². The normalized spacial score (nSPS) is 11.8. The van der Waals surface area contributed by atoms with Gasteiger partial charge in [-0.05, 0) is 101 Å². The zero-order valence-corrected chi connectivity index (χ0v) is 28.9. The Labute approximate surface area is 307 Å². The molecule has 0 saturated heterocycles. The van der Waals surface area contributed by atoms with Gasteiger partial charge in [-0.25, -0.2) is 0 Å². The standard InChI is InChI=1S/C52H32O/c1-2-14-34(15-3-1)47-31-38(32-48-46-29-28-35-17-5-7-22-41(35)51(46)53-52(47)48)50-44-25-10-8-23-42(44)49(43-24-9-11-26-45(43)50)37-20-12-19-36(30-37)40-27-13-18-33-16-4-6-21-39(33)40/h1-32H. The highest BCUT2D eigenvalue weighted by Crippen LogP contribution is 2.47. The second-order valence-corrected chi connectivity index (χ2v) is 14.0. The van der Waals surface area contributed by atoms with Crippen LogP contribution in [0, 0.1) is 0 Å². The van der Waals surface area contributed by atoms with E-state index in [0.717, 1.165) is 38.5 Å². The van der Waals surface area contributed by atoms with Crippen LogP contribution in [-0.4, -0.2) is 0 Å². The molecule has 1 aromatic heterocycles. The number of benzene rings is 10. The first-order valence-electron chi connectivity index (χ1n) is 18.3. The van der Waals surface area contributed by atoms with Gasteiger partial charge in [-0.15, -0.1) is 0 Å². The summed E-state index contributed by atoms with van der Waals surface area (Å²) in [6.45, 7) is 0. The first kappa shape index (κ1) is 29.7. The minimum absolute atomic E-state index is 0.918. The molecule has 0 aliphatic rings. The molecule has 0 N–H and O–H groups in total. The lowest BCUT2D eigenvalue weighted by Crippen LogP contribution is -1.92. The Bertz CT molecular complexity index is 3160. The summed E-state index contributed by atoms with van der Waals surface area (Å²) in [6.07, 6.45) is 0. The van der Waals surface area contributed by atoms with Gasteiger partial charge in [0.2, 0.25) is 0 Å². The summed E-state index contributed by atoms with van der Waals surface area (Å²) in [5.74, 6) is 0. The molecule has 1 heterocycles. The number of furan rings is 1. The van der Waals surface area contributed by atoms with Crippen LogP contribution in [0.2, 0.25) is 0 Å². The average Bonchev–Trinajstić information content (AvgIpc) is 3.62. The Hall–Kier alpha value is -6.96. The fraction of sp³-hybridized carbons (Fsp3) is 0. The van der Waals surface area contributed by atoms with Crippen molar-refractivity contribution in [3.8, 4) is 44.5 Å². The van der Waals surface area contributed by atoms with Crippen LogP contribution in [0.4, 0.5) is 0 Å². The molecule has 0 fully saturated rings. The van der Waals surface area contributed by atoms with E-state index < -0.39 is 0 Å². The van der Waals surface area contributed by atoms with Crippen molar-refractivity contribution in [1.82, 2.24) is 0 Å². The van der Waals surface area contributed by atoms with Crippen molar-refractivity contribution in [2.24, 2.45) is 0 Å². The molecule has 1 heteroatoms. The largest absolute Gasteiger partial charge is 0.455 e. The zero-order valence-electron chi connectivity index (χ0n) is 28.9. The molecule has 0 aliphatic heterocycles. The summed E-state index contributed by atoms with van der Waals surface area (Å²) < 4.78 is 6.87. The van der Waals surface area contributed by atoms with Crippen LogP contribution in [0.25, 0.3) is 110 Å². The monoisotopic (exact) mass is 672 g/mol. The van der Waals surface area contributed by atoms with Crippen molar-refractivity contribution >= 4 is 65.0 Å². The number of rotatable bonds is 4. The third-order valence-corrected chi connectivity index (χ3v) is 11.0. The van der Waals surface area contributed by atoms with E-state index in [1.165, 1.54) is 71.1 Å². The zero-order chi connectivity index (χ0) is 34.9. The number of hydrogen-bond donors (Lipinski definition) is 0. The molecule has 11 aromatic rings. The Balaban J connectivity index is 1.21. The molecule has 0 atom stereocenters. The summed E-state index contributed by atoms with van der Waals surface area (Å²) in [6, 6.07) is 70.5. The molecular formula is C52H32O. The molecule has 0 unspecified atom stereocenters. The lowest BCUT2D eigenvalue weighted by molar-refractivity contribution is 0.674. The lowest BCUT2D eigenvalue weighted by atomic mass is 9.84. The van der Waals surface area contributed by atoms with Gasteiger partial charge in [-0.1, -0.05) is 170 Å². The molecule has 11 rings (SSSR count). The van der Waals surface area contributed by atoms with E-state index in [9.17, 15) is 0 Å². The Kier molecular flexibility index (Phi) is 6.62. The lowest BCUT2D eigenvalue weighted by Gasteiger charge is -2.19. The quantitative estimate of drug-likeness (QED) is 0.170. The van der Waals surface area contributed by atoms with Crippen molar-refractivity contribution in [2.45, 2.75) is 0 Å². The molecule has 0 radical (unpaired) electrons. The maximum absolute atomic E-state index is 6.87. The van der Waals surface area contributed by atoms with Gasteiger partial charge in [0, 0.05) is 21.7 Å². The van der Waals surface area contributed by atoms with Crippen molar-refractivity contribution in [1.29, 1.82) is 0 Å². The van der Waals surface area contributed by atoms with E-state index in [4.69, 9.17) is 4.42 Å². The van der Waals surface area contributed by atoms with Crippen LogP contribution in [0.1, 0.15) is 0 Å². The fourth-order valence-corrected chi connectivity index (χ4v) is 8.65. The van der Waals surface area contributed by atoms with Crippen LogP contribution in [-0.2, 0) is 0 Å². The predicted octanol–water partition coefficient (Wildman–Crippen LogP) is 14.9. The molecule has 0 aliphatic carbocycles. The van der Waals surface area contributed by atoms with Crippen molar-refractivity contribution in [3.63, 3.8) is 0 Å². The Morgan fingerprint density at radius 2 is 0.774 bits per heavy atom. The third-order valence-electron chi connectivity index (χ3n) is 11.0. The maximum Gasteiger partial charge on any atom is 0.143 e. The molecule has 10 aromatic carbocycles. The van der Waals surface area contributed by atoms with Gasteiger partial charge in [-0.3, -0.25) is 0 Å². The summed E-state index contributed by atoms with van der Waals surface area (Å²) in [5.41, 5.74) is 11.4. The van der Waals surface area contributed by atoms with Gasteiger partial charge >= 0.3 is 0 Å². The molecular weight excluding hydrogens is 641 g/mol. The Morgan fingerprint density at radius 3 is 1.49 bits per heavy atom. The predicted molar refractivity (Wildman–Crippen MR) is 225 cm³/mol. The summed E-state index contributed by atoms with van der Waals surface area (Å²) in [7, 11) is 0. The first-order chi connectivity index (χ1) is 26.3. The van der Waals surface area contributed by atoms with Crippen LogP contribution in [0.3, 0.4) is 0 Å². The van der Waals surface area contributed by atoms with Crippen LogP contribution >= 0.6 is 0 Å². The SMILES string of the molecule is c1ccc(-c2cc(-c3c4ccccc4c(-c4cccc(-c5cccc6ccccc56)c4)c4ccccc34)cc3c2oc2c4ccccc4ccc32)cc1. The summed E-state index contributed by atoms with van der Waals surface area (Å²) >= 11 is 0.